The van der Waals surface area contributed by atoms with Crippen LogP contribution in [-0.2, 0) is 5.75 Å². The molecule has 6 aromatic rings. The number of rotatable bonds is 4. The molecule has 10 rings (SSSR count). The zero-order chi connectivity index (χ0) is 39.5. The summed E-state index contributed by atoms with van der Waals surface area (Å²) in [5.41, 5.74) is 5.37. The Hall–Kier alpha value is -4.26. The lowest BCUT2D eigenvalue weighted by Gasteiger charge is -2.15. The first kappa shape index (κ1) is 39.6. The predicted molar refractivity (Wildman–Crippen MR) is 248 cm³/mol. The van der Waals surface area contributed by atoms with E-state index in [1.165, 1.54) is 42.9 Å². The Morgan fingerprint density at radius 3 is 1.96 bits per heavy atom. The van der Waals surface area contributed by atoms with Gasteiger partial charge in [-0.25, -0.2) is 0 Å². The van der Waals surface area contributed by atoms with Gasteiger partial charge in [0, 0.05) is 70.6 Å². The van der Waals surface area contributed by atoms with Crippen LogP contribution in [0.3, 0.4) is 0 Å². The van der Waals surface area contributed by atoms with Crippen LogP contribution in [-0.4, -0.2) is 36.2 Å². The minimum absolute atomic E-state index is 0.0173. The molecule has 2 aromatic heterocycles. The van der Waals surface area contributed by atoms with Gasteiger partial charge in [-0.1, -0.05) is 101 Å². The number of halogens is 5. The third-order valence-corrected chi connectivity index (χ3v) is 15.0. The molecule has 3 N–H and O–H groups in total. The summed E-state index contributed by atoms with van der Waals surface area (Å²) in [5.74, 6) is 1.04. The Balaban J connectivity index is 0.000000121. The minimum Gasteiger partial charge on any atom is -0.353 e. The number of fused-ring (bicyclic) bond motifs is 3. The fraction of sp³-hybridized carbons (Fsp3) is 0.116. The van der Waals surface area contributed by atoms with Gasteiger partial charge in [0.25, 0.3) is 0 Å². The van der Waals surface area contributed by atoms with Crippen molar-refractivity contribution in [2.75, 3.05) is 6.26 Å². The number of hydrogen-bond donors (Lipinski definition) is 3. The normalized spacial score (nSPS) is 20.2. The maximum atomic E-state index is 14.0. The first-order chi connectivity index (χ1) is 27.8. The second-order valence-electron chi connectivity index (χ2n) is 13.0. The van der Waals surface area contributed by atoms with Crippen LogP contribution in [0, 0.1) is 5.13 Å². The van der Waals surface area contributed by atoms with Crippen LogP contribution >= 0.6 is 79.6 Å². The molecule has 0 spiro atoms. The molecule has 0 saturated heterocycles. The summed E-state index contributed by atoms with van der Waals surface area (Å²) >= 11 is 27.6. The average Bonchev–Trinajstić information content (AvgIpc) is 3.89. The van der Waals surface area contributed by atoms with E-state index in [-0.39, 0.29) is 27.7 Å². The number of benzene rings is 4. The van der Waals surface area contributed by atoms with Gasteiger partial charge < -0.3 is 16.0 Å². The molecule has 6 heterocycles. The van der Waals surface area contributed by atoms with E-state index in [1.54, 1.807) is 30.2 Å². The van der Waals surface area contributed by atoms with Crippen molar-refractivity contribution in [1.29, 1.82) is 0 Å². The molecule has 4 aromatic carbocycles. The van der Waals surface area contributed by atoms with E-state index in [1.807, 2.05) is 67.0 Å². The zero-order valence-corrected chi connectivity index (χ0v) is 35.6. The summed E-state index contributed by atoms with van der Waals surface area (Å²) < 4.78 is 16.2. The van der Waals surface area contributed by atoms with Gasteiger partial charge in [-0.2, -0.15) is 14.9 Å². The van der Waals surface area contributed by atoms with Crippen molar-refractivity contribution in [2.24, 2.45) is 15.0 Å². The highest BCUT2D eigenvalue weighted by atomic mass is 35.5. The maximum Gasteiger partial charge on any atom is 0.183 e. The molecule has 0 bridgehead atoms. The summed E-state index contributed by atoms with van der Waals surface area (Å²) in [6.07, 6.45) is 16.9. The van der Waals surface area contributed by atoms with Crippen molar-refractivity contribution in [3.63, 3.8) is 0 Å². The summed E-state index contributed by atoms with van der Waals surface area (Å²) in [6.45, 7) is 0. The summed E-state index contributed by atoms with van der Waals surface area (Å²) in [4.78, 5) is 15.8. The van der Waals surface area contributed by atoms with Crippen molar-refractivity contribution in [3.8, 4) is 10.4 Å². The van der Waals surface area contributed by atoms with Crippen LogP contribution in [0.1, 0.15) is 34.3 Å². The van der Waals surface area contributed by atoms with E-state index in [2.05, 4.69) is 79.7 Å². The molecule has 0 amide bonds. The Kier molecular flexibility index (Phi) is 12.3. The molecular formula is C43H33Cl4FN6S3. The molecule has 14 heteroatoms. The van der Waals surface area contributed by atoms with Gasteiger partial charge in [0.05, 0.1) is 40.1 Å². The number of hydrogen-bond acceptors (Lipinski definition) is 8. The van der Waals surface area contributed by atoms with Crippen molar-refractivity contribution in [2.45, 2.75) is 23.9 Å². The third kappa shape index (κ3) is 8.36. The lowest BCUT2D eigenvalue weighted by atomic mass is 9.99. The molecule has 288 valence electrons. The van der Waals surface area contributed by atoms with Gasteiger partial charge in [0.15, 0.2) is 5.13 Å². The number of aliphatic imine (C=N–C) groups is 3. The van der Waals surface area contributed by atoms with Crippen LogP contribution in [0.5, 0.6) is 0 Å². The largest absolute Gasteiger partial charge is 0.353 e. The van der Waals surface area contributed by atoms with Crippen LogP contribution in [0.2, 0.25) is 15.1 Å². The summed E-state index contributed by atoms with van der Waals surface area (Å²) in [6, 6.07) is 27.7. The predicted octanol–water partition coefficient (Wildman–Crippen LogP) is 12.6. The highest BCUT2D eigenvalue weighted by Crippen LogP contribution is 2.46. The molecule has 6 nitrogen and oxygen atoms in total. The zero-order valence-electron chi connectivity index (χ0n) is 30.1. The topological polar surface area (TPSA) is 73.2 Å². The van der Waals surface area contributed by atoms with Gasteiger partial charge in [-0.3, -0.25) is 15.0 Å². The van der Waals surface area contributed by atoms with Gasteiger partial charge in [-0.05, 0) is 65.3 Å². The minimum atomic E-state index is -0.436. The van der Waals surface area contributed by atoms with Crippen LogP contribution < -0.4 is 16.0 Å². The first-order valence-electron chi connectivity index (χ1n) is 17.7. The quantitative estimate of drug-likeness (QED) is 0.154. The Morgan fingerprint density at radius 1 is 0.667 bits per heavy atom. The number of thiophene rings is 2. The van der Waals surface area contributed by atoms with Gasteiger partial charge >= 0.3 is 0 Å². The number of nitrogens with one attached hydrogen (secondary N) is 3. The Morgan fingerprint density at radius 2 is 1.28 bits per heavy atom. The van der Waals surface area contributed by atoms with Crippen LogP contribution in [0.25, 0.3) is 30.6 Å². The average molecular weight is 891 g/mol. The molecule has 0 saturated carbocycles. The molecular weight excluding hydrogens is 858 g/mol. The second-order valence-corrected chi connectivity index (χ2v) is 18.8. The SMILES string of the molecule is CS1=C(C2C=CNC=N2)c2cc(Cl)c(Cl)cc2C1.Clc1ccccc1-c1sc2ccccc2c1C1C=CNC=N1.Fc1sc2ccccc2c1C1N=CNC=C1Cl. The van der Waals surface area contributed by atoms with E-state index < -0.39 is 6.04 Å². The smallest absolute Gasteiger partial charge is 0.183 e. The van der Waals surface area contributed by atoms with Crippen molar-refractivity contribution >= 4 is 124 Å². The van der Waals surface area contributed by atoms with Crippen molar-refractivity contribution in [3.05, 3.63) is 163 Å². The lowest BCUT2D eigenvalue weighted by molar-refractivity contribution is 0.632. The van der Waals surface area contributed by atoms with Crippen molar-refractivity contribution in [1.82, 2.24) is 16.0 Å². The molecule has 4 aliphatic rings. The fourth-order valence-corrected chi connectivity index (χ4v) is 12.0. The van der Waals surface area contributed by atoms with E-state index >= 15 is 0 Å². The van der Waals surface area contributed by atoms with E-state index in [0.717, 1.165) is 37.8 Å². The van der Waals surface area contributed by atoms with Crippen LogP contribution in [0.15, 0.2) is 136 Å². The van der Waals surface area contributed by atoms with E-state index in [0.29, 0.717) is 20.6 Å². The number of nitrogens with zero attached hydrogens (tertiary/aromatic N) is 3. The molecule has 4 atom stereocenters. The van der Waals surface area contributed by atoms with E-state index in [9.17, 15) is 4.39 Å². The molecule has 4 aliphatic heterocycles. The van der Waals surface area contributed by atoms with Crippen molar-refractivity contribution < 1.29 is 4.39 Å². The Bertz CT molecular complexity index is 2690. The van der Waals surface area contributed by atoms with E-state index in [4.69, 9.17) is 46.4 Å². The highest BCUT2D eigenvalue weighted by Gasteiger charge is 2.27. The lowest BCUT2D eigenvalue weighted by Crippen LogP contribution is -2.22. The second kappa shape index (κ2) is 17.7. The van der Waals surface area contributed by atoms with Crippen LogP contribution in [0.4, 0.5) is 4.39 Å². The third-order valence-electron chi connectivity index (χ3n) is 9.49. The van der Waals surface area contributed by atoms with Gasteiger partial charge in [0.1, 0.15) is 12.1 Å². The molecule has 57 heavy (non-hydrogen) atoms. The fourth-order valence-electron chi connectivity index (χ4n) is 6.94. The molecule has 0 fully saturated rings. The van der Waals surface area contributed by atoms with Gasteiger partial charge in [-0.15, -0.1) is 22.7 Å². The monoisotopic (exact) mass is 888 g/mol. The molecule has 4 unspecified atom stereocenters. The maximum absolute atomic E-state index is 14.0. The van der Waals surface area contributed by atoms with Gasteiger partial charge in [0.2, 0.25) is 0 Å². The highest BCUT2D eigenvalue weighted by molar-refractivity contribution is 8.15. The molecule has 0 radical (unpaired) electrons. The molecule has 0 aliphatic carbocycles. The Labute approximate surface area is 360 Å². The summed E-state index contributed by atoms with van der Waals surface area (Å²) in [7, 11) is 0.185. The summed E-state index contributed by atoms with van der Waals surface area (Å²) in [5, 5.41) is 13.2. The standard InChI is InChI=1S/C18H13ClN2S.C13H12Cl2N2S.C12H8ClFN2S/c19-14-7-3-1-5-12(14)18-17(15-9-10-20-11-21-15)13-6-2-4-8-16(13)22-18;1-18-6-8-4-10(14)11(15)5-9(8)13(18)12-2-3-16-7-17-12;13-8-5-15-6-16-11(8)10-7-3-1-2-4-9(7)17-12(10)14/h1-11,15H,(H,20,21);2-5,7,12H,6H2,1H3,(H,16,17);1-6,11H,(H,15,16). The first-order valence-corrected chi connectivity index (χ1v) is 22.7.